The van der Waals surface area contributed by atoms with E-state index in [1.807, 2.05) is 0 Å². The first-order chi connectivity index (χ1) is 9.72. The fraction of sp³-hybridized carbons (Fsp3) is 0.684. The molecule has 0 radical (unpaired) electrons. The highest BCUT2D eigenvalue weighted by Gasteiger charge is 2.05. The van der Waals surface area contributed by atoms with Gasteiger partial charge in [-0.3, -0.25) is 0 Å². The molecule has 0 saturated heterocycles. The van der Waals surface area contributed by atoms with E-state index in [9.17, 15) is 5.11 Å². The van der Waals surface area contributed by atoms with E-state index >= 15 is 0 Å². The highest BCUT2D eigenvalue weighted by Crippen LogP contribution is 2.13. The second kappa shape index (κ2) is 10.9. The average Bonchev–Trinajstić information content (AvgIpc) is 2.42. The molecular weight excluding hydrogens is 244 g/mol. The Labute approximate surface area is 125 Å². The van der Waals surface area contributed by atoms with Gasteiger partial charge in [0.2, 0.25) is 0 Å². The van der Waals surface area contributed by atoms with Crippen molar-refractivity contribution in [2.75, 3.05) is 0 Å². The predicted octanol–water partition coefficient (Wildman–Crippen LogP) is 5.43. The maximum absolute atomic E-state index is 10.1. The number of aliphatic hydroxyl groups is 1. The molecule has 1 N–H and O–H groups in total. The van der Waals surface area contributed by atoms with Gasteiger partial charge in [0, 0.05) is 0 Å². The number of rotatable bonds is 11. The van der Waals surface area contributed by atoms with Gasteiger partial charge in [0.1, 0.15) is 0 Å². The van der Waals surface area contributed by atoms with Gasteiger partial charge in [0.05, 0.1) is 6.10 Å². The Morgan fingerprint density at radius 3 is 2.25 bits per heavy atom. The summed E-state index contributed by atoms with van der Waals surface area (Å²) in [5.41, 5.74) is 2.54. The first-order valence-electron chi connectivity index (χ1n) is 8.46. The number of aryl methyl sites for hydroxylation is 1. The monoisotopic (exact) mass is 276 g/mol. The third-order valence-electron chi connectivity index (χ3n) is 3.94. The molecule has 114 valence electrons. The molecule has 1 unspecified atom stereocenters. The summed E-state index contributed by atoms with van der Waals surface area (Å²) in [6.45, 7) is 4.37. The van der Waals surface area contributed by atoms with Gasteiger partial charge >= 0.3 is 0 Å². The normalized spacial score (nSPS) is 12.6. The quantitative estimate of drug-likeness (QED) is 0.534. The molecule has 1 rings (SSSR count). The van der Waals surface area contributed by atoms with E-state index in [2.05, 4.69) is 38.1 Å². The van der Waals surface area contributed by atoms with Crippen LogP contribution in [0, 0.1) is 6.92 Å². The third kappa shape index (κ3) is 8.37. The minimum absolute atomic E-state index is 0.170. The van der Waals surface area contributed by atoms with Gasteiger partial charge < -0.3 is 5.11 Å². The number of aliphatic hydroxyl groups excluding tert-OH is 1. The number of benzene rings is 1. The summed E-state index contributed by atoms with van der Waals surface area (Å²) in [5.74, 6) is 0. The predicted molar refractivity (Wildman–Crippen MR) is 88.1 cm³/mol. The smallest absolute Gasteiger partial charge is 0.0580 e. The lowest BCUT2D eigenvalue weighted by atomic mass is 10.0. The molecule has 0 spiro atoms. The van der Waals surface area contributed by atoms with Gasteiger partial charge in [0.25, 0.3) is 0 Å². The molecule has 0 bridgehead atoms. The SMILES string of the molecule is CCCCCCCCCCC(O)Cc1cccc(C)c1. The summed E-state index contributed by atoms with van der Waals surface area (Å²) in [5, 5.41) is 10.1. The summed E-state index contributed by atoms with van der Waals surface area (Å²) in [7, 11) is 0. The molecule has 20 heavy (non-hydrogen) atoms. The Morgan fingerprint density at radius 1 is 0.950 bits per heavy atom. The first-order valence-corrected chi connectivity index (χ1v) is 8.46. The van der Waals surface area contributed by atoms with Crippen LogP contribution >= 0.6 is 0 Å². The van der Waals surface area contributed by atoms with Crippen LogP contribution in [-0.2, 0) is 6.42 Å². The lowest BCUT2D eigenvalue weighted by Crippen LogP contribution is -2.10. The van der Waals surface area contributed by atoms with E-state index in [1.54, 1.807) is 0 Å². The lowest BCUT2D eigenvalue weighted by Gasteiger charge is -2.11. The largest absolute Gasteiger partial charge is 0.393 e. The molecular formula is C19H32O. The molecule has 0 amide bonds. The Hall–Kier alpha value is -0.820. The van der Waals surface area contributed by atoms with Crippen molar-refractivity contribution in [2.24, 2.45) is 0 Å². The molecule has 0 aliphatic heterocycles. The maximum atomic E-state index is 10.1. The summed E-state index contributed by atoms with van der Waals surface area (Å²) in [6.07, 6.45) is 12.2. The summed E-state index contributed by atoms with van der Waals surface area (Å²) >= 11 is 0. The van der Waals surface area contributed by atoms with Gasteiger partial charge in [-0.1, -0.05) is 88.1 Å². The summed E-state index contributed by atoms with van der Waals surface area (Å²) in [6, 6.07) is 8.48. The third-order valence-corrected chi connectivity index (χ3v) is 3.94. The molecule has 1 aromatic carbocycles. The van der Waals surface area contributed by atoms with Crippen LogP contribution in [-0.4, -0.2) is 11.2 Å². The summed E-state index contributed by atoms with van der Waals surface area (Å²) in [4.78, 5) is 0. The van der Waals surface area contributed by atoms with Crippen LogP contribution in [0.25, 0.3) is 0 Å². The van der Waals surface area contributed by atoms with Gasteiger partial charge in [-0.05, 0) is 25.3 Å². The fourth-order valence-corrected chi connectivity index (χ4v) is 2.73. The number of hydrogen-bond donors (Lipinski definition) is 1. The van der Waals surface area contributed by atoms with Crippen molar-refractivity contribution in [1.82, 2.24) is 0 Å². The van der Waals surface area contributed by atoms with E-state index in [4.69, 9.17) is 0 Å². The molecule has 1 atom stereocenters. The number of hydrogen-bond acceptors (Lipinski definition) is 1. The molecule has 1 aromatic rings. The topological polar surface area (TPSA) is 20.2 Å². The molecule has 1 nitrogen and oxygen atoms in total. The van der Waals surface area contributed by atoms with E-state index in [-0.39, 0.29) is 6.10 Å². The van der Waals surface area contributed by atoms with Crippen molar-refractivity contribution in [3.8, 4) is 0 Å². The van der Waals surface area contributed by atoms with Crippen molar-refractivity contribution in [3.63, 3.8) is 0 Å². The highest BCUT2D eigenvalue weighted by molar-refractivity contribution is 5.22. The molecule has 0 fully saturated rings. The van der Waals surface area contributed by atoms with Gasteiger partial charge in [0.15, 0.2) is 0 Å². The Morgan fingerprint density at radius 2 is 1.60 bits per heavy atom. The van der Waals surface area contributed by atoms with Crippen molar-refractivity contribution in [1.29, 1.82) is 0 Å². The van der Waals surface area contributed by atoms with Crippen LogP contribution in [0.3, 0.4) is 0 Å². The van der Waals surface area contributed by atoms with Crippen LogP contribution in [0.2, 0.25) is 0 Å². The van der Waals surface area contributed by atoms with Crippen molar-refractivity contribution >= 4 is 0 Å². The maximum Gasteiger partial charge on any atom is 0.0580 e. The molecule has 0 aliphatic rings. The van der Waals surface area contributed by atoms with Crippen molar-refractivity contribution in [2.45, 2.75) is 84.2 Å². The average molecular weight is 276 g/mol. The number of unbranched alkanes of at least 4 members (excludes halogenated alkanes) is 7. The second-order valence-electron chi connectivity index (χ2n) is 6.11. The molecule has 0 aromatic heterocycles. The lowest BCUT2D eigenvalue weighted by molar-refractivity contribution is 0.161. The Balaban J connectivity index is 2.01. The van der Waals surface area contributed by atoms with E-state index < -0.39 is 0 Å². The van der Waals surface area contributed by atoms with Crippen molar-refractivity contribution < 1.29 is 5.11 Å². The fourth-order valence-electron chi connectivity index (χ4n) is 2.73. The standard InChI is InChI=1S/C19H32O/c1-3-4-5-6-7-8-9-10-14-19(20)16-18-13-11-12-17(2)15-18/h11-13,15,19-20H,3-10,14,16H2,1-2H3. The second-order valence-corrected chi connectivity index (χ2v) is 6.11. The molecule has 0 heterocycles. The minimum atomic E-state index is -0.170. The highest BCUT2D eigenvalue weighted by atomic mass is 16.3. The Kier molecular flexibility index (Phi) is 9.40. The van der Waals surface area contributed by atoms with E-state index in [1.165, 1.54) is 62.5 Å². The zero-order valence-electron chi connectivity index (χ0n) is 13.4. The zero-order valence-corrected chi connectivity index (χ0v) is 13.4. The Bertz CT molecular complexity index is 345. The van der Waals surface area contributed by atoms with Gasteiger partial charge in [-0.2, -0.15) is 0 Å². The first kappa shape index (κ1) is 17.2. The van der Waals surface area contributed by atoms with Crippen LogP contribution in [0.1, 0.15) is 75.8 Å². The van der Waals surface area contributed by atoms with Crippen LogP contribution in [0.5, 0.6) is 0 Å². The van der Waals surface area contributed by atoms with Crippen molar-refractivity contribution in [3.05, 3.63) is 35.4 Å². The van der Waals surface area contributed by atoms with Crippen LogP contribution in [0.4, 0.5) is 0 Å². The van der Waals surface area contributed by atoms with Crippen LogP contribution < -0.4 is 0 Å². The van der Waals surface area contributed by atoms with Crippen LogP contribution in [0.15, 0.2) is 24.3 Å². The molecule has 0 aliphatic carbocycles. The molecule has 0 saturated carbocycles. The van der Waals surface area contributed by atoms with E-state index in [0.29, 0.717) is 0 Å². The van der Waals surface area contributed by atoms with Gasteiger partial charge in [-0.15, -0.1) is 0 Å². The van der Waals surface area contributed by atoms with E-state index in [0.717, 1.165) is 12.8 Å². The molecule has 1 heteroatoms. The zero-order chi connectivity index (χ0) is 14.6. The minimum Gasteiger partial charge on any atom is -0.393 e. The summed E-state index contributed by atoms with van der Waals surface area (Å²) < 4.78 is 0. The van der Waals surface area contributed by atoms with Gasteiger partial charge in [-0.25, -0.2) is 0 Å².